The van der Waals surface area contributed by atoms with Crippen LogP contribution in [-0.4, -0.2) is 17.0 Å². The van der Waals surface area contributed by atoms with Gasteiger partial charge < -0.3 is 5.11 Å². The third-order valence-electron chi connectivity index (χ3n) is 3.37. The number of carbonyl (C=O) groups excluding carboxylic acids is 1. The molecule has 3 rings (SSSR count). The molecule has 21 heavy (non-hydrogen) atoms. The van der Waals surface area contributed by atoms with E-state index < -0.39 is 5.97 Å². The summed E-state index contributed by atoms with van der Waals surface area (Å²) in [4.78, 5) is 25.2. The van der Waals surface area contributed by atoms with Gasteiger partial charge in [-0.1, -0.05) is 36.4 Å². The Morgan fingerprint density at radius 1 is 1.14 bits per heavy atom. The molecule has 0 aliphatic carbocycles. The molecule has 1 heterocycles. The highest BCUT2D eigenvalue weighted by atomic mass is 35.5. The molecular weight excluding hydrogens is 290 g/mol. The predicted molar refractivity (Wildman–Crippen MR) is 80.7 cm³/mol. The van der Waals surface area contributed by atoms with Crippen LogP contribution in [0.2, 0.25) is 5.02 Å². The van der Waals surface area contributed by atoms with Gasteiger partial charge in [-0.2, -0.15) is 0 Å². The molecule has 0 saturated heterocycles. The average molecular weight is 300 g/mol. The molecule has 2 aromatic carbocycles. The summed E-state index contributed by atoms with van der Waals surface area (Å²) in [6.07, 6.45) is 0. The molecule has 1 N–H and O–H groups in total. The van der Waals surface area contributed by atoms with Gasteiger partial charge in [0.05, 0.1) is 16.9 Å². The fourth-order valence-electron chi connectivity index (χ4n) is 2.41. The van der Waals surface area contributed by atoms with Crippen molar-refractivity contribution in [2.45, 2.75) is 0 Å². The van der Waals surface area contributed by atoms with E-state index in [2.05, 4.69) is 6.58 Å². The summed E-state index contributed by atoms with van der Waals surface area (Å²) in [5.74, 6) is -1.43. The molecule has 0 bridgehead atoms. The van der Waals surface area contributed by atoms with Crippen LogP contribution >= 0.6 is 11.6 Å². The van der Waals surface area contributed by atoms with E-state index in [0.717, 1.165) is 0 Å². The lowest BCUT2D eigenvalue weighted by Crippen LogP contribution is -2.24. The van der Waals surface area contributed by atoms with Gasteiger partial charge in [-0.25, -0.2) is 4.79 Å². The van der Waals surface area contributed by atoms with Crippen molar-refractivity contribution in [1.82, 2.24) is 0 Å². The molecule has 4 nitrogen and oxygen atoms in total. The Morgan fingerprint density at radius 2 is 1.81 bits per heavy atom. The van der Waals surface area contributed by atoms with Crippen molar-refractivity contribution in [2.24, 2.45) is 0 Å². The second-order valence-corrected chi connectivity index (χ2v) is 5.04. The lowest BCUT2D eigenvalue weighted by molar-refractivity contribution is 0.0698. The zero-order chi connectivity index (χ0) is 15.1. The number of benzene rings is 2. The van der Waals surface area contributed by atoms with Gasteiger partial charge in [-0.15, -0.1) is 0 Å². The number of rotatable bonds is 2. The van der Waals surface area contributed by atoms with Crippen molar-refractivity contribution in [3.63, 3.8) is 0 Å². The van der Waals surface area contributed by atoms with E-state index in [0.29, 0.717) is 21.8 Å². The van der Waals surface area contributed by atoms with Gasteiger partial charge in [0.1, 0.15) is 0 Å². The van der Waals surface area contributed by atoms with Crippen molar-refractivity contribution in [3.8, 4) is 0 Å². The van der Waals surface area contributed by atoms with E-state index in [1.807, 2.05) is 0 Å². The quantitative estimate of drug-likeness (QED) is 0.920. The van der Waals surface area contributed by atoms with Crippen molar-refractivity contribution >= 4 is 34.9 Å². The Labute approximate surface area is 125 Å². The largest absolute Gasteiger partial charge is 0.478 e. The molecule has 1 aliphatic rings. The summed E-state index contributed by atoms with van der Waals surface area (Å²) < 4.78 is 0. The minimum absolute atomic E-state index is 0.00158. The van der Waals surface area contributed by atoms with Gasteiger partial charge in [0.2, 0.25) is 0 Å². The monoisotopic (exact) mass is 299 g/mol. The Balaban J connectivity index is 2.20. The van der Waals surface area contributed by atoms with Gasteiger partial charge >= 0.3 is 5.97 Å². The Hall–Kier alpha value is -2.59. The molecule has 0 unspecified atom stereocenters. The van der Waals surface area contributed by atoms with Gasteiger partial charge in [-0.3, -0.25) is 9.69 Å². The van der Waals surface area contributed by atoms with Crippen LogP contribution in [0.15, 0.2) is 49.0 Å². The first-order valence-electron chi connectivity index (χ1n) is 6.16. The number of halogens is 1. The van der Waals surface area contributed by atoms with Gasteiger partial charge in [0.25, 0.3) is 5.91 Å². The summed E-state index contributed by atoms with van der Waals surface area (Å²) in [6, 6.07) is 11.3. The number of carbonyl (C=O) groups is 2. The number of anilines is 1. The highest BCUT2D eigenvalue weighted by molar-refractivity contribution is 6.31. The fraction of sp³-hybridized carbons (Fsp3) is 0. The summed E-state index contributed by atoms with van der Waals surface area (Å²) in [5, 5.41) is 9.65. The number of nitrogens with zero attached hydrogens (tertiary/aromatic N) is 1. The van der Waals surface area contributed by atoms with Crippen LogP contribution in [0, 0.1) is 0 Å². The zero-order valence-corrected chi connectivity index (χ0v) is 11.6. The maximum absolute atomic E-state index is 12.5. The van der Waals surface area contributed by atoms with Crippen LogP contribution < -0.4 is 4.90 Å². The molecule has 0 spiro atoms. The first-order chi connectivity index (χ1) is 10.0. The summed E-state index contributed by atoms with van der Waals surface area (Å²) in [6.45, 7) is 3.90. The number of amides is 1. The molecule has 5 heteroatoms. The summed E-state index contributed by atoms with van der Waals surface area (Å²) in [5.41, 5.74) is 1.86. The molecule has 0 radical (unpaired) electrons. The minimum Gasteiger partial charge on any atom is -0.478 e. The number of hydrogen-bond donors (Lipinski definition) is 1. The van der Waals surface area contributed by atoms with Gasteiger partial charge in [0.15, 0.2) is 0 Å². The second-order valence-electron chi connectivity index (χ2n) is 4.60. The maximum atomic E-state index is 12.5. The predicted octanol–water partition coefficient (Wildman–Crippen LogP) is 3.67. The summed E-state index contributed by atoms with van der Waals surface area (Å²) in [7, 11) is 0. The average Bonchev–Trinajstić information content (AvgIpc) is 2.71. The molecule has 1 amide bonds. The molecule has 2 aromatic rings. The van der Waals surface area contributed by atoms with Crippen molar-refractivity contribution < 1.29 is 14.7 Å². The van der Waals surface area contributed by atoms with Gasteiger partial charge in [0, 0.05) is 16.1 Å². The Morgan fingerprint density at radius 3 is 2.43 bits per heavy atom. The van der Waals surface area contributed by atoms with E-state index in [1.54, 1.807) is 24.3 Å². The van der Waals surface area contributed by atoms with E-state index in [4.69, 9.17) is 11.6 Å². The molecule has 0 saturated carbocycles. The zero-order valence-electron chi connectivity index (χ0n) is 10.8. The van der Waals surface area contributed by atoms with Crippen LogP contribution in [0.1, 0.15) is 26.3 Å². The smallest absolute Gasteiger partial charge is 0.337 e. The minimum atomic E-state index is -1.13. The van der Waals surface area contributed by atoms with Gasteiger partial charge in [-0.05, 0) is 24.3 Å². The number of carboxylic acids is 1. The number of hydrogen-bond acceptors (Lipinski definition) is 2. The number of aromatic carboxylic acids is 1. The van der Waals surface area contributed by atoms with Crippen LogP contribution in [0.5, 0.6) is 0 Å². The molecule has 104 valence electrons. The number of carboxylic acid groups (broad SMARTS) is 1. The molecule has 0 atom stereocenters. The molecular formula is C16H10ClNO3. The lowest BCUT2D eigenvalue weighted by atomic mass is 10.1. The van der Waals surface area contributed by atoms with Crippen molar-refractivity contribution in [1.29, 1.82) is 0 Å². The van der Waals surface area contributed by atoms with E-state index in [9.17, 15) is 14.7 Å². The number of fused-ring (bicyclic) bond motifs is 1. The summed E-state index contributed by atoms with van der Waals surface area (Å²) >= 11 is 5.95. The molecule has 0 fully saturated rings. The third kappa shape index (κ3) is 2.00. The second kappa shape index (κ2) is 4.75. The molecule has 1 aliphatic heterocycles. The third-order valence-corrected chi connectivity index (χ3v) is 3.61. The van der Waals surface area contributed by atoms with Crippen molar-refractivity contribution in [2.75, 3.05) is 4.90 Å². The lowest BCUT2D eigenvalue weighted by Gasteiger charge is -2.20. The Bertz CT molecular complexity index is 763. The highest BCUT2D eigenvalue weighted by Crippen LogP contribution is 2.38. The van der Waals surface area contributed by atoms with E-state index in [1.165, 1.54) is 23.1 Å². The molecule has 0 aromatic heterocycles. The first kappa shape index (κ1) is 13.4. The van der Waals surface area contributed by atoms with Crippen LogP contribution in [-0.2, 0) is 0 Å². The van der Waals surface area contributed by atoms with Crippen LogP contribution in [0.4, 0.5) is 5.69 Å². The SMILES string of the molecule is C=C1c2ccccc2C(=O)N1c1cc(Cl)ccc1C(=O)O. The van der Waals surface area contributed by atoms with Crippen molar-refractivity contribution in [3.05, 3.63) is 70.8 Å². The van der Waals surface area contributed by atoms with E-state index >= 15 is 0 Å². The first-order valence-corrected chi connectivity index (χ1v) is 6.54. The maximum Gasteiger partial charge on any atom is 0.337 e. The van der Waals surface area contributed by atoms with Crippen LogP contribution in [0.25, 0.3) is 5.70 Å². The van der Waals surface area contributed by atoms with Crippen LogP contribution in [0.3, 0.4) is 0 Å². The highest BCUT2D eigenvalue weighted by Gasteiger charge is 2.34. The Kier molecular flexibility index (Phi) is 3.03. The topological polar surface area (TPSA) is 57.6 Å². The fourth-order valence-corrected chi connectivity index (χ4v) is 2.58. The standard InChI is InChI=1S/C16H10ClNO3/c1-9-11-4-2-3-5-12(11)15(19)18(9)14-8-10(17)6-7-13(14)16(20)21/h2-8H,1H2,(H,20,21). The van der Waals surface area contributed by atoms with E-state index in [-0.39, 0.29) is 17.2 Å². The normalized spacial score (nSPS) is 13.5.